The Morgan fingerprint density at radius 3 is 2.39 bits per heavy atom. The van der Waals surface area contributed by atoms with Gasteiger partial charge in [-0.1, -0.05) is 59.4 Å². The topological polar surface area (TPSA) is 85.4 Å². The average Bonchev–Trinajstić information content (AvgIpc) is 3.10. The third-order valence-electron chi connectivity index (χ3n) is 3.76. The predicted octanol–water partition coefficient (Wildman–Crippen LogP) is 4.24. The zero-order valence-electron chi connectivity index (χ0n) is 14.8. The SMILES string of the molecule is Cc1ccc(C(=O)c2ccccc2C(=O)OCC(=O)Nc2ncc(Br)s2)cc1. The van der Waals surface area contributed by atoms with Crippen molar-refractivity contribution in [2.75, 3.05) is 11.9 Å². The van der Waals surface area contributed by atoms with E-state index in [2.05, 4.69) is 26.2 Å². The summed E-state index contributed by atoms with van der Waals surface area (Å²) in [6.45, 7) is 1.44. The molecular formula is C20H15BrN2O4S. The summed E-state index contributed by atoms with van der Waals surface area (Å²) in [6.07, 6.45) is 1.55. The van der Waals surface area contributed by atoms with Crippen molar-refractivity contribution in [3.8, 4) is 0 Å². The number of hydrogen-bond acceptors (Lipinski definition) is 6. The maximum Gasteiger partial charge on any atom is 0.339 e. The molecule has 6 nitrogen and oxygen atoms in total. The van der Waals surface area contributed by atoms with Gasteiger partial charge in [0.15, 0.2) is 17.5 Å². The molecule has 0 aliphatic carbocycles. The van der Waals surface area contributed by atoms with Gasteiger partial charge in [-0.05, 0) is 28.9 Å². The number of aromatic nitrogens is 1. The second-order valence-electron chi connectivity index (χ2n) is 5.83. The lowest BCUT2D eigenvalue weighted by atomic mass is 9.98. The molecule has 0 saturated carbocycles. The Hall–Kier alpha value is -2.84. The molecule has 142 valence electrons. The van der Waals surface area contributed by atoms with E-state index in [0.29, 0.717) is 10.7 Å². The minimum atomic E-state index is -0.744. The number of halogens is 1. The van der Waals surface area contributed by atoms with E-state index in [1.165, 1.54) is 17.4 Å². The molecular weight excluding hydrogens is 444 g/mol. The van der Waals surface area contributed by atoms with Gasteiger partial charge in [-0.3, -0.25) is 14.9 Å². The average molecular weight is 459 g/mol. The quantitative estimate of drug-likeness (QED) is 0.440. The van der Waals surface area contributed by atoms with Crippen molar-refractivity contribution in [2.24, 2.45) is 0 Å². The number of carbonyl (C=O) groups excluding carboxylic acids is 3. The maximum absolute atomic E-state index is 12.8. The van der Waals surface area contributed by atoms with Gasteiger partial charge in [0.25, 0.3) is 5.91 Å². The Labute approximate surface area is 173 Å². The fraction of sp³-hybridized carbons (Fsp3) is 0.100. The van der Waals surface area contributed by atoms with Crippen LogP contribution in [0.15, 0.2) is 58.5 Å². The van der Waals surface area contributed by atoms with Crippen LogP contribution >= 0.6 is 27.3 Å². The monoisotopic (exact) mass is 458 g/mol. The maximum atomic E-state index is 12.8. The molecule has 0 radical (unpaired) electrons. The number of ether oxygens (including phenoxy) is 1. The first kappa shape index (κ1) is 19.9. The van der Waals surface area contributed by atoms with Crippen LogP contribution in [0.25, 0.3) is 0 Å². The summed E-state index contributed by atoms with van der Waals surface area (Å²) in [5, 5.41) is 2.92. The third kappa shape index (κ3) is 4.90. The molecule has 1 heterocycles. The number of amides is 1. The van der Waals surface area contributed by atoms with Crippen molar-refractivity contribution >= 4 is 50.1 Å². The summed E-state index contributed by atoms with van der Waals surface area (Å²) in [4.78, 5) is 41.1. The van der Waals surface area contributed by atoms with Gasteiger partial charge in [0.2, 0.25) is 0 Å². The fourth-order valence-electron chi connectivity index (χ4n) is 2.40. The Morgan fingerprint density at radius 2 is 1.75 bits per heavy atom. The lowest BCUT2D eigenvalue weighted by Crippen LogP contribution is -2.22. The Balaban J connectivity index is 1.69. The molecule has 2 aromatic carbocycles. The minimum Gasteiger partial charge on any atom is -0.452 e. The molecule has 0 bridgehead atoms. The van der Waals surface area contributed by atoms with Gasteiger partial charge in [-0.2, -0.15) is 0 Å². The van der Waals surface area contributed by atoms with Crippen molar-refractivity contribution in [1.82, 2.24) is 4.98 Å². The van der Waals surface area contributed by atoms with Gasteiger partial charge in [0.1, 0.15) is 0 Å². The number of hydrogen-bond donors (Lipinski definition) is 1. The molecule has 3 rings (SSSR count). The van der Waals surface area contributed by atoms with Gasteiger partial charge in [0.05, 0.1) is 15.5 Å². The third-order valence-corrected chi connectivity index (χ3v) is 5.16. The number of nitrogens with one attached hydrogen (secondary N) is 1. The zero-order chi connectivity index (χ0) is 20.1. The number of aryl methyl sites for hydroxylation is 1. The van der Waals surface area contributed by atoms with Crippen LogP contribution in [0.5, 0.6) is 0 Å². The van der Waals surface area contributed by atoms with Crippen LogP contribution in [0.4, 0.5) is 5.13 Å². The zero-order valence-corrected chi connectivity index (χ0v) is 17.2. The fourth-order valence-corrected chi connectivity index (χ4v) is 3.52. The summed E-state index contributed by atoms with van der Waals surface area (Å²) in [5.41, 5.74) is 1.83. The number of esters is 1. The van der Waals surface area contributed by atoms with Crippen molar-refractivity contribution in [1.29, 1.82) is 0 Å². The highest BCUT2D eigenvalue weighted by Gasteiger charge is 2.20. The summed E-state index contributed by atoms with van der Waals surface area (Å²) >= 11 is 4.49. The normalized spacial score (nSPS) is 10.4. The number of ketones is 1. The predicted molar refractivity (Wildman–Crippen MR) is 110 cm³/mol. The van der Waals surface area contributed by atoms with Crippen molar-refractivity contribution in [3.63, 3.8) is 0 Å². The Morgan fingerprint density at radius 1 is 1.07 bits per heavy atom. The molecule has 3 aromatic rings. The van der Waals surface area contributed by atoms with Gasteiger partial charge in [0, 0.05) is 11.1 Å². The second kappa shape index (κ2) is 8.90. The summed E-state index contributed by atoms with van der Waals surface area (Å²) < 4.78 is 5.84. The van der Waals surface area contributed by atoms with Crippen LogP contribution < -0.4 is 5.32 Å². The molecule has 0 saturated heterocycles. The molecule has 0 spiro atoms. The molecule has 0 fully saturated rings. The number of anilines is 1. The van der Waals surface area contributed by atoms with Crippen LogP contribution in [0.2, 0.25) is 0 Å². The highest BCUT2D eigenvalue weighted by atomic mass is 79.9. The number of carbonyl (C=O) groups is 3. The molecule has 28 heavy (non-hydrogen) atoms. The second-order valence-corrected chi connectivity index (χ2v) is 8.24. The number of rotatable bonds is 6. The van der Waals surface area contributed by atoms with Crippen LogP contribution in [-0.4, -0.2) is 29.3 Å². The molecule has 0 aliphatic heterocycles. The van der Waals surface area contributed by atoms with Crippen LogP contribution in [0.1, 0.15) is 31.8 Å². The van der Waals surface area contributed by atoms with E-state index in [1.54, 1.807) is 36.5 Å². The highest BCUT2D eigenvalue weighted by Crippen LogP contribution is 2.23. The minimum absolute atomic E-state index is 0.109. The van der Waals surface area contributed by atoms with E-state index in [1.807, 2.05) is 19.1 Å². The van der Waals surface area contributed by atoms with Crippen LogP contribution in [0.3, 0.4) is 0 Å². The molecule has 1 amide bonds. The van der Waals surface area contributed by atoms with Crippen molar-refractivity contribution in [3.05, 3.63) is 80.8 Å². The van der Waals surface area contributed by atoms with E-state index < -0.39 is 18.5 Å². The van der Waals surface area contributed by atoms with Crippen LogP contribution in [0, 0.1) is 6.92 Å². The number of nitrogens with zero attached hydrogens (tertiary/aromatic N) is 1. The summed E-state index contributed by atoms with van der Waals surface area (Å²) in [7, 11) is 0. The first-order valence-corrected chi connectivity index (χ1v) is 9.83. The lowest BCUT2D eigenvalue weighted by Gasteiger charge is -2.09. The van der Waals surface area contributed by atoms with Crippen LogP contribution in [-0.2, 0) is 9.53 Å². The van der Waals surface area contributed by atoms with Gasteiger partial charge in [-0.25, -0.2) is 9.78 Å². The first-order valence-electron chi connectivity index (χ1n) is 8.23. The van der Waals surface area contributed by atoms with Gasteiger partial charge in [-0.15, -0.1) is 0 Å². The molecule has 8 heteroatoms. The molecule has 0 atom stereocenters. The highest BCUT2D eigenvalue weighted by molar-refractivity contribution is 9.11. The van der Waals surface area contributed by atoms with E-state index >= 15 is 0 Å². The summed E-state index contributed by atoms with van der Waals surface area (Å²) in [5.74, 6) is -1.55. The molecule has 0 aliphatic rings. The Kier molecular flexibility index (Phi) is 6.33. The van der Waals surface area contributed by atoms with Gasteiger partial charge >= 0.3 is 5.97 Å². The summed E-state index contributed by atoms with van der Waals surface area (Å²) in [6, 6.07) is 13.4. The van der Waals surface area contributed by atoms with E-state index in [-0.39, 0.29) is 16.9 Å². The van der Waals surface area contributed by atoms with Crippen molar-refractivity contribution in [2.45, 2.75) is 6.92 Å². The molecule has 1 N–H and O–H groups in total. The standard InChI is InChI=1S/C20H15BrN2O4S/c1-12-6-8-13(9-7-12)18(25)14-4-2-3-5-15(14)19(26)27-11-17(24)23-20-22-10-16(21)28-20/h2-10H,11H2,1H3,(H,22,23,24). The largest absolute Gasteiger partial charge is 0.452 e. The Bertz CT molecular complexity index is 1030. The lowest BCUT2D eigenvalue weighted by molar-refractivity contribution is -0.119. The van der Waals surface area contributed by atoms with Gasteiger partial charge < -0.3 is 4.74 Å². The van der Waals surface area contributed by atoms with Crippen molar-refractivity contribution < 1.29 is 19.1 Å². The van der Waals surface area contributed by atoms with E-state index in [4.69, 9.17) is 4.74 Å². The molecule has 0 unspecified atom stereocenters. The van der Waals surface area contributed by atoms with E-state index in [9.17, 15) is 14.4 Å². The first-order chi connectivity index (χ1) is 13.4. The number of thiazole rings is 1. The number of benzene rings is 2. The smallest absolute Gasteiger partial charge is 0.339 e. The van der Waals surface area contributed by atoms with E-state index in [0.717, 1.165) is 9.35 Å². The molecule has 1 aromatic heterocycles.